The van der Waals surface area contributed by atoms with E-state index in [1.54, 1.807) is 55.5 Å². The molecule has 45 heavy (non-hydrogen) atoms. The molecular formula is C32H37F3N6O4. The number of aromatic nitrogens is 1. The van der Waals surface area contributed by atoms with Gasteiger partial charge in [-0.3, -0.25) is 24.6 Å². The number of Topliss-reactive ketones (excluding diaryl/α,β-unsaturated/α-hetero) is 1. The summed E-state index contributed by atoms with van der Waals surface area (Å²) >= 11 is 0. The van der Waals surface area contributed by atoms with Crippen LogP contribution in [0.1, 0.15) is 49.3 Å². The molecule has 10 nitrogen and oxygen atoms in total. The first-order chi connectivity index (χ1) is 21.5. The lowest BCUT2D eigenvalue weighted by atomic mass is 9.97. The number of amidine groups is 1. The van der Waals surface area contributed by atoms with Gasteiger partial charge in [0.25, 0.3) is 5.78 Å². The second-order valence-electron chi connectivity index (χ2n) is 11.0. The van der Waals surface area contributed by atoms with E-state index in [1.807, 2.05) is 4.90 Å². The summed E-state index contributed by atoms with van der Waals surface area (Å²) in [5.74, 6) is -3.95. The number of nitrogens with zero attached hydrogens (tertiary/aromatic N) is 1. The first-order valence-corrected chi connectivity index (χ1v) is 14.9. The Labute approximate surface area is 258 Å². The summed E-state index contributed by atoms with van der Waals surface area (Å²) in [6.07, 6.45) is -0.985. The minimum atomic E-state index is -5.20. The van der Waals surface area contributed by atoms with Crippen molar-refractivity contribution in [2.75, 3.05) is 19.6 Å². The van der Waals surface area contributed by atoms with E-state index in [0.29, 0.717) is 33.4 Å². The van der Waals surface area contributed by atoms with E-state index in [2.05, 4.69) is 20.9 Å². The highest BCUT2D eigenvalue weighted by Crippen LogP contribution is 2.24. The summed E-state index contributed by atoms with van der Waals surface area (Å²) in [4.78, 5) is 55.5. The van der Waals surface area contributed by atoms with Gasteiger partial charge >= 0.3 is 6.18 Å². The van der Waals surface area contributed by atoms with Crippen molar-refractivity contribution in [3.05, 3.63) is 71.4 Å². The van der Waals surface area contributed by atoms with Gasteiger partial charge < -0.3 is 25.8 Å². The maximum Gasteiger partial charge on any atom is 0.452 e. The number of piperidine rings is 1. The number of alkyl halides is 3. The highest BCUT2D eigenvalue weighted by Gasteiger charge is 2.44. The molecule has 2 unspecified atom stereocenters. The number of ketones is 1. The molecule has 1 fully saturated rings. The van der Waals surface area contributed by atoms with Crippen molar-refractivity contribution >= 4 is 40.2 Å². The Kier molecular flexibility index (Phi) is 11.0. The van der Waals surface area contributed by atoms with Crippen molar-refractivity contribution in [1.29, 1.82) is 5.41 Å². The van der Waals surface area contributed by atoms with E-state index in [4.69, 9.17) is 5.41 Å². The molecule has 0 spiro atoms. The number of para-hydroxylation sites is 1. The molecule has 1 aliphatic heterocycles. The summed E-state index contributed by atoms with van der Waals surface area (Å²) in [7, 11) is 0. The number of H-pyrrole nitrogens is 1. The molecule has 5 N–H and O–H groups in total. The van der Waals surface area contributed by atoms with Gasteiger partial charge in [-0.15, -0.1) is 0 Å². The second kappa shape index (κ2) is 14.9. The normalized spacial score (nSPS) is 14.8. The van der Waals surface area contributed by atoms with Crippen LogP contribution < -0.4 is 16.0 Å². The smallest absolute Gasteiger partial charge is 0.361 e. The maximum atomic E-state index is 13.4. The molecule has 1 saturated heterocycles. The Hall–Kier alpha value is -4.68. The highest BCUT2D eigenvalue weighted by atomic mass is 19.4. The van der Waals surface area contributed by atoms with Crippen molar-refractivity contribution in [3.63, 3.8) is 0 Å². The number of halogens is 3. The lowest BCUT2D eigenvalue weighted by Crippen LogP contribution is -2.53. The van der Waals surface area contributed by atoms with Crippen LogP contribution in [0.15, 0.2) is 54.7 Å². The van der Waals surface area contributed by atoms with E-state index < -0.39 is 54.7 Å². The Morgan fingerprint density at radius 3 is 2.24 bits per heavy atom. The molecule has 3 aromatic rings. The van der Waals surface area contributed by atoms with Crippen LogP contribution in [0, 0.1) is 5.41 Å². The van der Waals surface area contributed by atoms with Gasteiger partial charge in [0.1, 0.15) is 17.9 Å². The maximum absolute atomic E-state index is 13.4. The van der Waals surface area contributed by atoms with Gasteiger partial charge in [0.05, 0.1) is 6.54 Å². The average molecular weight is 627 g/mol. The molecule has 3 amide bonds. The van der Waals surface area contributed by atoms with Crippen molar-refractivity contribution in [2.24, 2.45) is 0 Å². The summed E-state index contributed by atoms with van der Waals surface area (Å²) in [5, 5.41) is 16.5. The van der Waals surface area contributed by atoms with Crippen molar-refractivity contribution in [3.8, 4) is 0 Å². The molecule has 2 atom stereocenters. The molecule has 0 aliphatic carbocycles. The van der Waals surface area contributed by atoms with Crippen LogP contribution in [-0.4, -0.2) is 77.1 Å². The zero-order chi connectivity index (χ0) is 32.6. The SMILES string of the molecule is CCC(=O)NC(Cc1ccccc1C(=N)N1CCCCC1)C(=O)NCC(=O)NC(Cc1c[nH]c2ccccc12)C(=O)C(F)(F)F. The predicted octanol–water partition coefficient (Wildman–Crippen LogP) is 3.39. The van der Waals surface area contributed by atoms with Crippen molar-refractivity contribution < 1.29 is 32.3 Å². The third kappa shape index (κ3) is 8.70. The van der Waals surface area contributed by atoms with Gasteiger partial charge in [-0.2, -0.15) is 13.2 Å². The number of rotatable bonds is 12. The van der Waals surface area contributed by atoms with E-state index in [9.17, 15) is 32.3 Å². The van der Waals surface area contributed by atoms with Gasteiger partial charge in [0.2, 0.25) is 17.7 Å². The monoisotopic (exact) mass is 626 g/mol. The third-order valence-electron chi connectivity index (χ3n) is 7.79. The molecule has 0 saturated carbocycles. The minimum Gasteiger partial charge on any atom is -0.361 e. The standard InChI is InChI=1S/C32H37F3N6O4/c1-2-27(42)40-26(16-20-10-4-5-12-23(20)30(36)41-14-8-3-9-15-41)31(45)38-19-28(43)39-25(29(44)32(33,34)35)17-21-18-37-24-13-7-6-11-22(21)24/h4-7,10-13,18,25-26,36-37H,2-3,8-9,14-17,19H2,1H3,(H,38,45)(H,39,43)(H,40,42). The molecule has 1 aromatic heterocycles. The zero-order valence-electron chi connectivity index (χ0n) is 24.9. The Morgan fingerprint density at radius 1 is 0.889 bits per heavy atom. The molecule has 240 valence electrons. The van der Waals surface area contributed by atoms with E-state index in [0.717, 1.165) is 32.4 Å². The molecular weight excluding hydrogens is 589 g/mol. The Balaban J connectivity index is 1.45. The molecule has 4 rings (SSSR count). The van der Waals surface area contributed by atoms with Crippen molar-refractivity contribution in [1.82, 2.24) is 25.8 Å². The van der Waals surface area contributed by atoms with Crippen LogP contribution in [0.25, 0.3) is 10.9 Å². The van der Waals surface area contributed by atoms with Crippen molar-refractivity contribution in [2.45, 2.75) is 63.7 Å². The largest absolute Gasteiger partial charge is 0.452 e. The van der Waals surface area contributed by atoms with Gasteiger partial charge in [0, 0.05) is 55.0 Å². The first-order valence-electron chi connectivity index (χ1n) is 14.9. The fourth-order valence-corrected chi connectivity index (χ4v) is 5.41. The van der Waals surface area contributed by atoms with Crippen LogP contribution in [0.5, 0.6) is 0 Å². The van der Waals surface area contributed by atoms with Crippen LogP contribution >= 0.6 is 0 Å². The number of carbonyl (C=O) groups excluding carboxylic acids is 4. The average Bonchev–Trinajstić information content (AvgIpc) is 3.45. The lowest BCUT2D eigenvalue weighted by molar-refractivity contribution is -0.173. The Bertz CT molecular complexity index is 1550. The van der Waals surface area contributed by atoms with E-state index in [1.165, 1.54) is 6.20 Å². The topological polar surface area (TPSA) is 147 Å². The van der Waals surface area contributed by atoms with Crippen LogP contribution in [0.4, 0.5) is 13.2 Å². The number of amides is 3. The number of hydrogen-bond donors (Lipinski definition) is 5. The molecule has 2 aromatic carbocycles. The molecule has 13 heteroatoms. The predicted molar refractivity (Wildman–Crippen MR) is 163 cm³/mol. The van der Waals surface area contributed by atoms with Crippen LogP contribution in [-0.2, 0) is 32.0 Å². The number of fused-ring (bicyclic) bond motifs is 1. The number of hydrogen-bond acceptors (Lipinski definition) is 5. The van der Waals surface area contributed by atoms with E-state index >= 15 is 0 Å². The summed E-state index contributed by atoms with van der Waals surface area (Å²) in [6, 6.07) is 10.9. The van der Waals surface area contributed by atoms with Gasteiger partial charge in [-0.1, -0.05) is 49.4 Å². The van der Waals surface area contributed by atoms with E-state index in [-0.39, 0.29) is 12.8 Å². The first kappa shape index (κ1) is 33.2. The number of aromatic amines is 1. The summed E-state index contributed by atoms with van der Waals surface area (Å²) in [6.45, 7) is 2.38. The lowest BCUT2D eigenvalue weighted by Gasteiger charge is -2.30. The number of carbonyl (C=O) groups is 4. The third-order valence-corrected chi connectivity index (χ3v) is 7.79. The molecule has 1 aliphatic rings. The van der Waals surface area contributed by atoms with Gasteiger partial charge in [0.15, 0.2) is 0 Å². The highest BCUT2D eigenvalue weighted by molar-refractivity contribution is 5.99. The summed E-state index contributed by atoms with van der Waals surface area (Å²) in [5.41, 5.74) is 2.33. The fraction of sp³-hybridized carbons (Fsp3) is 0.406. The molecule has 2 heterocycles. The zero-order valence-corrected chi connectivity index (χ0v) is 24.9. The Morgan fingerprint density at radius 2 is 1.53 bits per heavy atom. The minimum absolute atomic E-state index is 0.0152. The van der Waals surface area contributed by atoms with Crippen LogP contribution in [0.2, 0.25) is 0 Å². The number of nitrogens with one attached hydrogen (secondary N) is 5. The van der Waals surface area contributed by atoms with Crippen LogP contribution in [0.3, 0.4) is 0 Å². The van der Waals surface area contributed by atoms with Gasteiger partial charge in [-0.25, -0.2) is 0 Å². The molecule has 0 radical (unpaired) electrons. The second-order valence-corrected chi connectivity index (χ2v) is 11.0. The summed E-state index contributed by atoms with van der Waals surface area (Å²) < 4.78 is 40.3. The number of benzene rings is 2. The fourth-order valence-electron chi connectivity index (χ4n) is 5.41. The molecule has 0 bridgehead atoms. The van der Waals surface area contributed by atoms with Gasteiger partial charge in [-0.05, 0) is 36.5 Å². The quantitative estimate of drug-likeness (QED) is 0.155. The number of likely N-dealkylation sites (tertiary alicyclic amines) is 1.